The van der Waals surface area contributed by atoms with Crippen molar-refractivity contribution in [2.45, 2.75) is 52.7 Å². The lowest BCUT2D eigenvalue weighted by atomic mass is 9.84. The lowest BCUT2D eigenvalue weighted by Gasteiger charge is -2.30. The molecule has 0 spiro atoms. The molecule has 0 saturated carbocycles. The molecule has 0 aliphatic carbocycles. The van der Waals surface area contributed by atoms with Crippen LogP contribution in [0.25, 0.3) is 55.1 Å². The first-order valence-electron chi connectivity index (χ1n) is 15.3. The van der Waals surface area contributed by atoms with Gasteiger partial charge in [-0.1, -0.05) is 42.5 Å². The number of ether oxygens (including phenoxy) is 2. The largest absolute Gasteiger partial charge is 0.493 e. The Hall–Kier alpha value is -4.94. The summed E-state index contributed by atoms with van der Waals surface area (Å²) in [5.74, 6) is 0.816. The van der Waals surface area contributed by atoms with Crippen molar-refractivity contribution in [2.24, 2.45) is 0 Å². The number of rotatable bonds is 6. The van der Waals surface area contributed by atoms with Crippen LogP contribution in [-0.2, 0) is 16.0 Å². The van der Waals surface area contributed by atoms with Gasteiger partial charge in [0.15, 0.2) is 5.78 Å². The van der Waals surface area contributed by atoms with Gasteiger partial charge in [0.05, 0.1) is 17.7 Å². The minimum atomic E-state index is -0.736. The first-order chi connectivity index (χ1) is 21.7. The van der Waals surface area contributed by atoms with Crippen molar-refractivity contribution in [3.8, 4) is 39.1 Å². The van der Waals surface area contributed by atoms with Crippen molar-refractivity contribution in [1.29, 1.82) is 0 Å². The summed E-state index contributed by atoms with van der Waals surface area (Å²) in [5, 5.41) is 3.16. The predicted molar refractivity (Wildman–Crippen MR) is 179 cm³/mol. The van der Waals surface area contributed by atoms with E-state index in [0.29, 0.717) is 6.61 Å². The summed E-state index contributed by atoms with van der Waals surface area (Å²) in [6, 6.07) is 23.4. The number of fused-ring (bicyclic) bond motifs is 1. The Kier molecular flexibility index (Phi) is 7.17. The maximum absolute atomic E-state index is 13.3. The zero-order chi connectivity index (χ0) is 31.3. The van der Waals surface area contributed by atoms with Gasteiger partial charge in [-0.2, -0.15) is 0 Å². The van der Waals surface area contributed by atoms with Crippen LogP contribution in [0, 0.1) is 6.92 Å². The van der Waals surface area contributed by atoms with Gasteiger partial charge in [-0.25, -0.2) is 9.97 Å². The van der Waals surface area contributed by atoms with E-state index in [2.05, 4.69) is 77.6 Å². The number of aromatic nitrogens is 3. The highest BCUT2D eigenvalue weighted by Crippen LogP contribution is 2.45. The zero-order valence-corrected chi connectivity index (χ0v) is 26.2. The van der Waals surface area contributed by atoms with E-state index in [1.807, 2.05) is 45.4 Å². The van der Waals surface area contributed by atoms with Crippen molar-refractivity contribution < 1.29 is 14.3 Å². The molecule has 6 heteroatoms. The molecule has 3 heterocycles. The second-order valence-corrected chi connectivity index (χ2v) is 12.7. The van der Waals surface area contributed by atoms with E-state index in [4.69, 9.17) is 14.5 Å². The highest BCUT2D eigenvalue weighted by atomic mass is 16.5. The SMILES string of the molecule is CC(=O)[C@@H](OC(C)(C)C)c1c(C)cc2cc(-c3ccc(-c4cncnc4)cc3)ccc2c1-c1ccc2c3c(ccnc13)CCO2. The summed E-state index contributed by atoms with van der Waals surface area (Å²) in [4.78, 5) is 26.5. The monoisotopic (exact) mass is 593 g/mol. The van der Waals surface area contributed by atoms with Gasteiger partial charge in [-0.05, 0) is 109 Å². The number of aryl methyl sites for hydroxylation is 1. The number of Topliss-reactive ketones (excluding diaryl/α,β-unsaturated/α-hetero) is 1. The normalized spacial score (nSPS) is 13.5. The molecule has 0 amide bonds. The van der Waals surface area contributed by atoms with Crippen LogP contribution >= 0.6 is 0 Å². The lowest BCUT2D eigenvalue weighted by Crippen LogP contribution is -2.27. The van der Waals surface area contributed by atoms with Crippen LogP contribution in [0.2, 0.25) is 0 Å². The quantitative estimate of drug-likeness (QED) is 0.192. The van der Waals surface area contributed by atoms with Gasteiger partial charge in [0, 0.05) is 41.5 Å². The van der Waals surface area contributed by atoms with Gasteiger partial charge in [0.1, 0.15) is 18.2 Å². The molecule has 45 heavy (non-hydrogen) atoms. The van der Waals surface area contributed by atoms with Crippen molar-refractivity contribution in [1.82, 2.24) is 15.0 Å². The molecule has 2 aromatic heterocycles. The molecule has 0 bridgehead atoms. The van der Waals surface area contributed by atoms with Gasteiger partial charge < -0.3 is 9.47 Å². The number of carbonyl (C=O) groups excluding carboxylic acids is 1. The third kappa shape index (κ3) is 5.36. The third-order valence-electron chi connectivity index (χ3n) is 8.44. The minimum Gasteiger partial charge on any atom is -0.493 e. The van der Waals surface area contributed by atoms with Gasteiger partial charge >= 0.3 is 0 Å². The fraction of sp³-hybridized carbons (Fsp3) is 0.231. The average molecular weight is 594 g/mol. The highest BCUT2D eigenvalue weighted by Gasteiger charge is 2.31. The van der Waals surface area contributed by atoms with E-state index < -0.39 is 11.7 Å². The Morgan fingerprint density at radius 1 is 0.889 bits per heavy atom. The zero-order valence-electron chi connectivity index (χ0n) is 26.2. The second-order valence-electron chi connectivity index (χ2n) is 12.7. The second kappa shape index (κ2) is 11.2. The van der Waals surface area contributed by atoms with Crippen molar-refractivity contribution >= 4 is 27.5 Å². The van der Waals surface area contributed by atoms with Crippen LogP contribution in [0.5, 0.6) is 5.75 Å². The van der Waals surface area contributed by atoms with Crippen LogP contribution in [0.3, 0.4) is 0 Å². The van der Waals surface area contributed by atoms with Gasteiger partial charge in [-0.3, -0.25) is 9.78 Å². The molecule has 7 rings (SSSR count). The first kappa shape index (κ1) is 28.8. The number of ketones is 1. The molecule has 0 radical (unpaired) electrons. The van der Waals surface area contributed by atoms with Crippen LogP contribution in [0.4, 0.5) is 0 Å². The van der Waals surface area contributed by atoms with E-state index in [-0.39, 0.29) is 5.78 Å². The topological polar surface area (TPSA) is 74.2 Å². The standard InChI is InChI=1S/C39H35N3O3/c1-23-18-29-19-28(25-6-8-26(9-7-25)30-20-40-22-41-21-30)10-11-31(29)36(34(23)38(24(2)43)45-39(3,4)5)32-12-13-33-35-27(15-17-44-33)14-16-42-37(32)35/h6-14,16,18-22,38H,15,17H2,1-5H3/t38-/m1/s1. The highest BCUT2D eigenvalue weighted by molar-refractivity contribution is 6.09. The fourth-order valence-corrected chi connectivity index (χ4v) is 6.48. The molecule has 0 N–H and O–H groups in total. The van der Waals surface area contributed by atoms with E-state index in [0.717, 1.165) is 78.4 Å². The van der Waals surface area contributed by atoms with E-state index in [9.17, 15) is 4.79 Å². The van der Waals surface area contributed by atoms with Crippen LogP contribution in [-0.4, -0.2) is 32.9 Å². The van der Waals surface area contributed by atoms with Gasteiger partial charge in [0.25, 0.3) is 0 Å². The molecule has 1 aliphatic rings. The Labute approximate surface area is 263 Å². The summed E-state index contributed by atoms with van der Waals surface area (Å²) in [7, 11) is 0. The maximum Gasteiger partial charge on any atom is 0.163 e. The summed E-state index contributed by atoms with van der Waals surface area (Å²) in [6.07, 6.45) is 7.16. The number of carbonyl (C=O) groups is 1. The van der Waals surface area contributed by atoms with Crippen molar-refractivity contribution in [3.63, 3.8) is 0 Å². The molecule has 6 aromatic rings. The molecular formula is C39H35N3O3. The molecule has 224 valence electrons. The average Bonchev–Trinajstić information content (AvgIpc) is 3.03. The van der Waals surface area contributed by atoms with Crippen LogP contribution in [0.1, 0.15) is 50.5 Å². The molecule has 6 nitrogen and oxygen atoms in total. The first-order valence-corrected chi connectivity index (χ1v) is 15.3. The predicted octanol–water partition coefficient (Wildman–Crippen LogP) is 8.87. The van der Waals surface area contributed by atoms with E-state index >= 15 is 0 Å². The van der Waals surface area contributed by atoms with Gasteiger partial charge in [0.2, 0.25) is 0 Å². The number of pyridine rings is 1. The summed E-state index contributed by atoms with van der Waals surface area (Å²) < 4.78 is 12.6. The number of nitrogens with zero attached hydrogens (tertiary/aromatic N) is 3. The molecule has 4 aromatic carbocycles. The van der Waals surface area contributed by atoms with Gasteiger partial charge in [-0.15, -0.1) is 0 Å². The summed E-state index contributed by atoms with van der Waals surface area (Å²) in [6.45, 7) is 10.3. The third-order valence-corrected chi connectivity index (χ3v) is 8.44. The molecule has 1 aliphatic heterocycles. The Bertz CT molecular complexity index is 2070. The molecule has 1 atom stereocenters. The van der Waals surface area contributed by atoms with Crippen molar-refractivity contribution in [2.75, 3.05) is 6.61 Å². The molecule has 0 fully saturated rings. The molecule has 0 saturated heterocycles. The maximum atomic E-state index is 13.3. The number of hydrogen-bond donors (Lipinski definition) is 0. The van der Waals surface area contributed by atoms with E-state index in [1.165, 1.54) is 11.9 Å². The fourth-order valence-electron chi connectivity index (χ4n) is 6.48. The smallest absolute Gasteiger partial charge is 0.163 e. The number of hydrogen-bond acceptors (Lipinski definition) is 6. The van der Waals surface area contributed by atoms with Crippen LogP contribution in [0.15, 0.2) is 91.6 Å². The lowest BCUT2D eigenvalue weighted by molar-refractivity contribution is -0.138. The molecular weight excluding hydrogens is 558 g/mol. The minimum absolute atomic E-state index is 0.0341. The Balaban J connectivity index is 1.46. The number of benzene rings is 4. The summed E-state index contributed by atoms with van der Waals surface area (Å²) >= 11 is 0. The molecule has 0 unspecified atom stereocenters. The van der Waals surface area contributed by atoms with Crippen molar-refractivity contribution in [3.05, 3.63) is 108 Å². The Morgan fingerprint density at radius 3 is 2.31 bits per heavy atom. The summed E-state index contributed by atoms with van der Waals surface area (Å²) in [5.41, 5.74) is 9.66. The Morgan fingerprint density at radius 2 is 1.60 bits per heavy atom. The van der Waals surface area contributed by atoms with E-state index in [1.54, 1.807) is 6.92 Å². The van der Waals surface area contributed by atoms with Crippen LogP contribution < -0.4 is 4.74 Å².